The third-order valence-electron chi connectivity index (χ3n) is 3.85. The predicted octanol–water partition coefficient (Wildman–Crippen LogP) is 0.638. The van der Waals surface area contributed by atoms with Crippen LogP contribution in [0.4, 0.5) is 5.69 Å². The number of ether oxygens (including phenoxy) is 1. The molecule has 0 aliphatic carbocycles. The van der Waals surface area contributed by atoms with Crippen LogP contribution >= 0.6 is 0 Å². The molecule has 136 valence electrons. The van der Waals surface area contributed by atoms with Crippen LogP contribution < -0.4 is 26.6 Å². The molecular formula is C19H15N3O5. The molecule has 0 aliphatic heterocycles. The van der Waals surface area contributed by atoms with E-state index in [9.17, 15) is 19.7 Å². The van der Waals surface area contributed by atoms with Gasteiger partial charge in [0, 0.05) is 6.07 Å². The standard InChI is InChI=1S/C19H15N3O5/c1-27-14-8-6-12(7-9-14)10-15-18(23)21-16(19(24)20-15)11-13-4-2-3-5-17(13)22(25)26/h2-11H,1H3,(H,20,24)(H,21,23). The minimum absolute atomic E-state index is 0.0684. The van der Waals surface area contributed by atoms with E-state index >= 15 is 0 Å². The number of H-pyrrole nitrogens is 2. The number of nitro groups is 1. The minimum atomic E-state index is -0.562. The Balaban J connectivity index is 2.11. The highest BCUT2D eigenvalue weighted by Gasteiger charge is 2.10. The van der Waals surface area contributed by atoms with Crippen LogP contribution in [0.1, 0.15) is 11.1 Å². The van der Waals surface area contributed by atoms with Gasteiger partial charge in [0.15, 0.2) is 0 Å². The number of nitrogens with zero attached hydrogens (tertiary/aromatic N) is 1. The summed E-state index contributed by atoms with van der Waals surface area (Å²) in [6, 6.07) is 12.9. The van der Waals surface area contributed by atoms with E-state index in [0.29, 0.717) is 11.3 Å². The molecule has 3 rings (SSSR count). The van der Waals surface area contributed by atoms with Crippen LogP contribution in [0.2, 0.25) is 0 Å². The second-order valence-corrected chi connectivity index (χ2v) is 5.61. The van der Waals surface area contributed by atoms with Crippen molar-refractivity contribution in [3.63, 3.8) is 0 Å². The molecule has 1 heterocycles. The zero-order valence-electron chi connectivity index (χ0n) is 14.3. The zero-order chi connectivity index (χ0) is 19.4. The van der Waals surface area contributed by atoms with E-state index in [1.54, 1.807) is 37.4 Å². The van der Waals surface area contributed by atoms with Crippen molar-refractivity contribution in [3.05, 3.63) is 101 Å². The SMILES string of the molecule is COc1ccc(C=c2[nH]c(=O)c(=Cc3ccccc3[N+](=O)[O-])[nH]c2=O)cc1. The lowest BCUT2D eigenvalue weighted by Crippen LogP contribution is -2.46. The Labute approximate surface area is 152 Å². The topological polar surface area (TPSA) is 118 Å². The first kappa shape index (κ1) is 17.9. The average Bonchev–Trinajstić information content (AvgIpc) is 2.66. The van der Waals surface area contributed by atoms with Crippen molar-refractivity contribution in [1.82, 2.24) is 9.97 Å². The van der Waals surface area contributed by atoms with Gasteiger partial charge in [-0.1, -0.05) is 24.3 Å². The van der Waals surface area contributed by atoms with Gasteiger partial charge >= 0.3 is 0 Å². The monoisotopic (exact) mass is 365 g/mol. The number of aromatic nitrogens is 2. The maximum atomic E-state index is 12.3. The van der Waals surface area contributed by atoms with Crippen molar-refractivity contribution in [1.29, 1.82) is 0 Å². The van der Waals surface area contributed by atoms with Crippen LogP contribution in [0, 0.1) is 10.1 Å². The molecule has 1 aromatic heterocycles. The van der Waals surface area contributed by atoms with Crippen molar-refractivity contribution in [2.45, 2.75) is 0 Å². The van der Waals surface area contributed by atoms with Gasteiger partial charge < -0.3 is 14.7 Å². The molecule has 0 atom stereocenters. The number of nitrogens with one attached hydrogen (secondary N) is 2. The Kier molecular flexibility index (Phi) is 4.98. The molecule has 0 amide bonds. The van der Waals surface area contributed by atoms with E-state index < -0.39 is 16.0 Å². The maximum absolute atomic E-state index is 12.3. The fourth-order valence-corrected chi connectivity index (χ4v) is 2.49. The van der Waals surface area contributed by atoms with Gasteiger partial charge in [0.1, 0.15) is 16.4 Å². The number of nitro benzene ring substituents is 1. The molecular weight excluding hydrogens is 350 g/mol. The second kappa shape index (κ2) is 7.52. The lowest BCUT2D eigenvalue weighted by atomic mass is 10.1. The van der Waals surface area contributed by atoms with Gasteiger partial charge in [-0.15, -0.1) is 0 Å². The molecule has 27 heavy (non-hydrogen) atoms. The molecule has 0 bridgehead atoms. The summed E-state index contributed by atoms with van der Waals surface area (Å²) >= 11 is 0. The molecule has 0 radical (unpaired) electrons. The smallest absolute Gasteiger partial charge is 0.276 e. The van der Waals surface area contributed by atoms with Crippen LogP contribution in [-0.4, -0.2) is 22.0 Å². The lowest BCUT2D eigenvalue weighted by molar-refractivity contribution is -0.385. The molecule has 8 nitrogen and oxygen atoms in total. The number of hydrogen-bond donors (Lipinski definition) is 2. The van der Waals surface area contributed by atoms with E-state index in [0.717, 1.165) is 0 Å². The number of hydrogen-bond acceptors (Lipinski definition) is 5. The first-order chi connectivity index (χ1) is 13.0. The molecule has 0 unspecified atom stereocenters. The van der Waals surface area contributed by atoms with Crippen molar-refractivity contribution in [2.24, 2.45) is 0 Å². The van der Waals surface area contributed by atoms with Gasteiger partial charge in [-0.25, -0.2) is 0 Å². The van der Waals surface area contributed by atoms with E-state index in [-0.39, 0.29) is 21.9 Å². The summed E-state index contributed by atoms with van der Waals surface area (Å²) in [5.41, 5.74) is -0.322. The predicted molar refractivity (Wildman–Crippen MR) is 100 cm³/mol. The Morgan fingerprint density at radius 3 is 2.11 bits per heavy atom. The molecule has 0 saturated heterocycles. The summed E-state index contributed by atoms with van der Waals surface area (Å²) < 4.78 is 5.07. The number of para-hydroxylation sites is 1. The molecule has 0 spiro atoms. The zero-order valence-corrected chi connectivity index (χ0v) is 14.3. The summed E-state index contributed by atoms with van der Waals surface area (Å²) in [5, 5.41) is 11.1. The molecule has 2 N–H and O–H groups in total. The van der Waals surface area contributed by atoms with Gasteiger partial charge in [0.2, 0.25) is 0 Å². The van der Waals surface area contributed by atoms with Gasteiger partial charge in [-0.3, -0.25) is 19.7 Å². The van der Waals surface area contributed by atoms with E-state index in [1.165, 1.54) is 30.4 Å². The maximum Gasteiger partial charge on any atom is 0.276 e. The average molecular weight is 365 g/mol. The van der Waals surface area contributed by atoms with Crippen molar-refractivity contribution < 1.29 is 9.66 Å². The normalized spacial score (nSPS) is 12.2. The minimum Gasteiger partial charge on any atom is -0.497 e. The van der Waals surface area contributed by atoms with Gasteiger partial charge in [0.05, 0.1) is 17.6 Å². The van der Waals surface area contributed by atoms with E-state index in [1.807, 2.05) is 0 Å². The number of methoxy groups -OCH3 is 1. The van der Waals surface area contributed by atoms with Crippen molar-refractivity contribution >= 4 is 17.8 Å². The summed E-state index contributed by atoms with van der Waals surface area (Å²) in [6.07, 6.45) is 2.80. The van der Waals surface area contributed by atoms with Crippen LogP contribution in [0.15, 0.2) is 58.1 Å². The number of aromatic amines is 2. The summed E-state index contributed by atoms with van der Waals surface area (Å²) in [4.78, 5) is 40.1. The van der Waals surface area contributed by atoms with E-state index in [2.05, 4.69) is 9.97 Å². The number of rotatable bonds is 4. The van der Waals surface area contributed by atoms with Gasteiger partial charge in [-0.2, -0.15) is 0 Å². The second-order valence-electron chi connectivity index (χ2n) is 5.61. The third kappa shape index (κ3) is 4.01. The first-order valence-electron chi connectivity index (χ1n) is 7.91. The fraction of sp³-hybridized carbons (Fsp3) is 0.0526. The molecule has 0 fully saturated rings. The fourth-order valence-electron chi connectivity index (χ4n) is 2.49. The van der Waals surface area contributed by atoms with E-state index in [4.69, 9.17) is 4.74 Å². The summed E-state index contributed by atoms with van der Waals surface area (Å²) in [7, 11) is 1.55. The van der Waals surface area contributed by atoms with Crippen LogP contribution in [0.3, 0.4) is 0 Å². The summed E-state index contributed by atoms with van der Waals surface area (Å²) in [5.74, 6) is 0.670. The molecule has 0 aliphatic rings. The summed E-state index contributed by atoms with van der Waals surface area (Å²) in [6.45, 7) is 0. The third-order valence-corrected chi connectivity index (χ3v) is 3.85. The van der Waals surface area contributed by atoms with Gasteiger partial charge in [0.25, 0.3) is 16.8 Å². The van der Waals surface area contributed by atoms with Crippen molar-refractivity contribution in [2.75, 3.05) is 7.11 Å². The highest BCUT2D eigenvalue weighted by atomic mass is 16.6. The highest BCUT2D eigenvalue weighted by molar-refractivity contribution is 5.59. The van der Waals surface area contributed by atoms with Crippen molar-refractivity contribution in [3.8, 4) is 5.75 Å². The highest BCUT2D eigenvalue weighted by Crippen LogP contribution is 2.17. The Morgan fingerprint density at radius 2 is 1.52 bits per heavy atom. The Morgan fingerprint density at radius 1 is 0.926 bits per heavy atom. The Hall–Kier alpha value is -3.94. The van der Waals surface area contributed by atoms with Crippen LogP contribution in [0.5, 0.6) is 5.75 Å². The van der Waals surface area contributed by atoms with Crippen LogP contribution in [-0.2, 0) is 0 Å². The molecule has 3 aromatic rings. The molecule has 0 saturated carbocycles. The lowest BCUT2D eigenvalue weighted by Gasteiger charge is -1.99. The Bertz CT molecular complexity index is 1220. The van der Waals surface area contributed by atoms with Gasteiger partial charge in [-0.05, 0) is 35.9 Å². The largest absolute Gasteiger partial charge is 0.497 e. The molecule has 8 heteroatoms. The molecule has 2 aromatic carbocycles. The quantitative estimate of drug-likeness (QED) is 0.520. The van der Waals surface area contributed by atoms with Crippen LogP contribution in [0.25, 0.3) is 12.2 Å². The first-order valence-corrected chi connectivity index (χ1v) is 7.91. The number of benzene rings is 2.